The van der Waals surface area contributed by atoms with Gasteiger partial charge in [0.2, 0.25) is 0 Å². The summed E-state index contributed by atoms with van der Waals surface area (Å²) in [7, 11) is 0. The fraction of sp³-hybridized carbons (Fsp3) is 0.500. The topological polar surface area (TPSA) is 29.1 Å². The van der Waals surface area contributed by atoms with Crippen LogP contribution in [0.1, 0.15) is 29.3 Å². The summed E-state index contributed by atoms with van der Waals surface area (Å²) in [5, 5.41) is 6.93. The lowest BCUT2D eigenvalue weighted by Gasteiger charge is -2.02. The van der Waals surface area contributed by atoms with Crippen LogP contribution in [-0.2, 0) is 0 Å². The fourth-order valence-corrected chi connectivity index (χ4v) is 2.19. The smallest absolute Gasteiger partial charge is 0.252 e. The number of carbonyl (C=O) groups is 1. The van der Waals surface area contributed by atoms with E-state index in [1.807, 2.05) is 17.7 Å². The van der Waals surface area contributed by atoms with Gasteiger partial charge in [-0.25, -0.2) is 0 Å². The Labute approximate surface area is 82.0 Å². The number of rotatable bonds is 2. The van der Waals surface area contributed by atoms with Gasteiger partial charge in [-0.2, -0.15) is 11.3 Å². The second-order valence-corrected chi connectivity index (χ2v) is 4.50. The minimum absolute atomic E-state index is 0.0908. The first-order valence-corrected chi connectivity index (χ1v) is 5.46. The molecule has 2 atom stereocenters. The first-order chi connectivity index (χ1) is 6.18. The normalized spacial score (nSPS) is 25.7. The highest BCUT2D eigenvalue weighted by Gasteiger charge is 2.34. The van der Waals surface area contributed by atoms with Gasteiger partial charge in [-0.05, 0) is 30.2 Å². The Hall–Kier alpha value is -0.830. The Bertz CT molecular complexity index is 331. The minimum Gasteiger partial charge on any atom is -0.349 e. The lowest BCUT2D eigenvalue weighted by atomic mass is 10.2. The summed E-state index contributed by atoms with van der Waals surface area (Å²) in [6.07, 6.45) is 1.13. The van der Waals surface area contributed by atoms with Gasteiger partial charge in [-0.15, -0.1) is 0 Å². The molecular weight excluding hydrogens is 182 g/mol. The molecule has 13 heavy (non-hydrogen) atoms. The molecule has 0 spiro atoms. The molecule has 70 valence electrons. The van der Waals surface area contributed by atoms with Gasteiger partial charge < -0.3 is 5.32 Å². The number of nitrogens with one attached hydrogen (secondary N) is 1. The van der Waals surface area contributed by atoms with Crippen LogP contribution in [0.25, 0.3) is 0 Å². The first-order valence-electron chi connectivity index (χ1n) is 4.52. The molecule has 1 amide bonds. The van der Waals surface area contributed by atoms with Gasteiger partial charge in [0.25, 0.3) is 5.91 Å². The van der Waals surface area contributed by atoms with Crippen molar-refractivity contribution in [2.45, 2.75) is 26.3 Å². The molecule has 2 unspecified atom stereocenters. The summed E-state index contributed by atoms with van der Waals surface area (Å²) >= 11 is 1.58. The van der Waals surface area contributed by atoms with Crippen LogP contribution in [0.3, 0.4) is 0 Å². The minimum atomic E-state index is 0.0908. The van der Waals surface area contributed by atoms with E-state index in [0.29, 0.717) is 12.0 Å². The van der Waals surface area contributed by atoms with Crippen molar-refractivity contribution < 1.29 is 4.79 Å². The molecule has 0 aliphatic heterocycles. The molecule has 1 aliphatic rings. The van der Waals surface area contributed by atoms with Gasteiger partial charge >= 0.3 is 0 Å². The van der Waals surface area contributed by atoms with Crippen LogP contribution in [0.15, 0.2) is 10.8 Å². The average Bonchev–Trinajstić information content (AvgIpc) is 2.62. The van der Waals surface area contributed by atoms with Gasteiger partial charge in [0.05, 0.1) is 5.56 Å². The third-order valence-corrected chi connectivity index (χ3v) is 3.39. The maximum absolute atomic E-state index is 11.6. The van der Waals surface area contributed by atoms with E-state index >= 15 is 0 Å². The van der Waals surface area contributed by atoms with Gasteiger partial charge in [0, 0.05) is 11.4 Å². The predicted octanol–water partition coefficient (Wildman–Crippen LogP) is 2.19. The molecular formula is C10H13NOS. The standard InChI is InChI=1S/C10H13NOS/c1-6-3-9(6)11-10(12)8-5-13-4-7(8)2/h4-6,9H,3H2,1-2H3,(H,11,12). The van der Waals surface area contributed by atoms with Crippen LogP contribution >= 0.6 is 11.3 Å². The molecule has 1 N–H and O–H groups in total. The number of carbonyl (C=O) groups excluding carboxylic acids is 1. The Morgan fingerprint density at radius 1 is 1.62 bits per heavy atom. The van der Waals surface area contributed by atoms with Crippen molar-refractivity contribution in [3.63, 3.8) is 0 Å². The van der Waals surface area contributed by atoms with Crippen molar-refractivity contribution in [3.05, 3.63) is 21.9 Å². The van der Waals surface area contributed by atoms with Crippen LogP contribution < -0.4 is 5.32 Å². The molecule has 0 aromatic carbocycles. The molecule has 0 bridgehead atoms. The number of hydrogen-bond acceptors (Lipinski definition) is 2. The molecule has 1 aromatic heterocycles. The second-order valence-electron chi connectivity index (χ2n) is 3.76. The van der Waals surface area contributed by atoms with Crippen molar-refractivity contribution in [2.24, 2.45) is 5.92 Å². The number of aryl methyl sites for hydroxylation is 1. The third kappa shape index (κ3) is 1.75. The van der Waals surface area contributed by atoms with Crippen molar-refractivity contribution in [2.75, 3.05) is 0 Å². The number of amides is 1. The lowest BCUT2D eigenvalue weighted by molar-refractivity contribution is 0.0949. The van der Waals surface area contributed by atoms with Gasteiger partial charge in [0.1, 0.15) is 0 Å². The summed E-state index contributed by atoms with van der Waals surface area (Å²) < 4.78 is 0. The molecule has 1 saturated carbocycles. The van der Waals surface area contributed by atoms with Crippen LogP contribution in [0.2, 0.25) is 0 Å². The molecule has 2 nitrogen and oxygen atoms in total. The summed E-state index contributed by atoms with van der Waals surface area (Å²) in [6, 6.07) is 0.423. The quantitative estimate of drug-likeness (QED) is 0.770. The van der Waals surface area contributed by atoms with E-state index in [1.165, 1.54) is 0 Å². The first kappa shape index (κ1) is 8.75. The molecule has 1 fully saturated rings. The van der Waals surface area contributed by atoms with E-state index in [4.69, 9.17) is 0 Å². The van der Waals surface area contributed by atoms with E-state index < -0.39 is 0 Å². The molecule has 2 rings (SSSR count). The Balaban J connectivity index is 2.01. The van der Waals surface area contributed by atoms with Crippen LogP contribution in [0.5, 0.6) is 0 Å². The lowest BCUT2D eigenvalue weighted by Crippen LogP contribution is -2.26. The Morgan fingerprint density at radius 2 is 2.31 bits per heavy atom. The Morgan fingerprint density at radius 3 is 2.77 bits per heavy atom. The highest BCUT2D eigenvalue weighted by Crippen LogP contribution is 2.29. The maximum atomic E-state index is 11.6. The van der Waals surface area contributed by atoms with Crippen molar-refractivity contribution in [3.8, 4) is 0 Å². The van der Waals surface area contributed by atoms with Crippen molar-refractivity contribution in [1.82, 2.24) is 5.32 Å². The molecule has 0 saturated heterocycles. The SMILES string of the molecule is Cc1cscc1C(=O)NC1CC1C. The van der Waals surface area contributed by atoms with E-state index in [2.05, 4.69) is 12.2 Å². The van der Waals surface area contributed by atoms with Crippen molar-refractivity contribution in [1.29, 1.82) is 0 Å². The average molecular weight is 195 g/mol. The number of hydrogen-bond donors (Lipinski definition) is 1. The fourth-order valence-electron chi connectivity index (χ4n) is 1.36. The van der Waals surface area contributed by atoms with E-state index in [9.17, 15) is 4.79 Å². The predicted molar refractivity (Wildman–Crippen MR) is 54.1 cm³/mol. The summed E-state index contributed by atoms with van der Waals surface area (Å²) in [5.74, 6) is 0.760. The molecule has 1 aromatic rings. The zero-order chi connectivity index (χ0) is 9.42. The molecule has 0 radical (unpaired) electrons. The van der Waals surface area contributed by atoms with Crippen LogP contribution in [0, 0.1) is 12.8 Å². The van der Waals surface area contributed by atoms with E-state index in [1.54, 1.807) is 11.3 Å². The monoisotopic (exact) mass is 195 g/mol. The maximum Gasteiger partial charge on any atom is 0.252 e. The Kier molecular flexibility index (Phi) is 2.12. The van der Waals surface area contributed by atoms with Crippen LogP contribution in [0.4, 0.5) is 0 Å². The van der Waals surface area contributed by atoms with Gasteiger partial charge in [0.15, 0.2) is 0 Å². The molecule has 3 heteroatoms. The highest BCUT2D eigenvalue weighted by atomic mass is 32.1. The second kappa shape index (κ2) is 3.14. The molecule has 1 heterocycles. The summed E-state index contributed by atoms with van der Waals surface area (Å²) in [4.78, 5) is 11.6. The van der Waals surface area contributed by atoms with Gasteiger partial charge in [-0.1, -0.05) is 6.92 Å². The molecule has 1 aliphatic carbocycles. The van der Waals surface area contributed by atoms with Crippen LogP contribution in [-0.4, -0.2) is 11.9 Å². The summed E-state index contributed by atoms with van der Waals surface area (Å²) in [6.45, 7) is 4.13. The zero-order valence-corrected chi connectivity index (χ0v) is 8.65. The van der Waals surface area contributed by atoms with E-state index in [0.717, 1.165) is 17.5 Å². The van der Waals surface area contributed by atoms with Gasteiger partial charge in [-0.3, -0.25) is 4.79 Å². The summed E-state index contributed by atoms with van der Waals surface area (Å²) in [5.41, 5.74) is 1.92. The zero-order valence-electron chi connectivity index (χ0n) is 7.83. The largest absolute Gasteiger partial charge is 0.349 e. The number of thiophene rings is 1. The van der Waals surface area contributed by atoms with Crippen molar-refractivity contribution >= 4 is 17.2 Å². The van der Waals surface area contributed by atoms with E-state index in [-0.39, 0.29) is 5.91 Å². The third-order valence-electron chi connectivity index (χ3n) is 2.53. The highest BCUT2D eigenvalue weighted by molar-refractivity contribution is 7.08.